The Balaban J connectivity index is 2.11. The van der Waals surface area contributed by atoms with E-state index in [0.29, 0.717) is 26.7 Å². The van der Waals surface area contributed by atoms with Crippen LogP contribution >= 0.6 is 0 Å². The molecule has 0 bridgehead atoms. The van der Waals surface area contributed by atoms with Crippen LogP contribution in [0.3, 0.4) is 0 Å². The molecule has 0 heterocycles. The van der Waals surface area contributed by atoms with Crippen molar-refractivity contribution in [2.24, 2.45) is 0 Å². The van der Waals surface area contributed by atoms with Gasteiger partial charge in [0, 0.05) is 0 Å². The fraction of sp³-hybridized carbons (Fsp3) is 0. The van der Waals surface area contributed by atoms with Crippen LogP contribution in [0, 0.1) is 22.7 Å². The van der Waals surface area contributed by atoms with Gasteiger partial charge in [0.1, 0.15) is 0 Å². The van der Waals surface area contributed by atoms with Gasteiger partial charge in [-0.15, -0.1) is 0 Å². The summed E-state index contributed by atoms with van der Waals surface area (Å²) in [6.07, 6.45) is 0. The van der Waals surface area contributed by atoms with Crippen LogP contribution in [0.2, 0.25) is 0 Å². The van der Waals surface area contributed by atoms with E-state index in [4.69, 9.17) is 14.7 Å². The number of benzene rings is 3. The molecule has 0 atom stereocenters. The normalized spacial score (nSPS) is 10.5. The first-order valence-electron chi connectivity index (χ1n) is 7.45. The highest BCUT2D eigenvalue weighted by atomic mass is 32.3. The van der Waals surface area contributed by atoms with Crippen LogP contribution in [0.25, 0.3) is 0 Å². The number of para-hydroxylation sites is 1. The van der Waals surface area contributed by atoms with Crippen molar-refractivity contribution in [3.63, 3.8) is 0 Å². The zero-order valence-corrected chi connectivity index (χ0v) is 13.9. The summed E-state index contributed by atoms with van der Waals surface area (Å²) in [6, 6.07) is 25.9. The standard InChI is InChI=1S/C20H13N2O2S/c21-14-16-6-10-19(11-7-16)25(23,24-18-4-2-1-3-5-18)20-12-8-17(15-22)9-13-20/h1-13H/q+1. The molecule has 5 heteroatoms. The lowest BCUT2D eigenvalue weighted by Gasteiger charge is -2.12. The summed E-state index contributed by atoms with van der Waals surface area (Å²) in [5, 5.41) is 17.9. The predicted molar refractivity (Wildman–Crippen MR) is 94.0 cm³/mol. The molecule has 3 aromatic carbocycles. The van der Waals surface area contributed by atoms with Gasteiger partial charge in [0.05, 0.1) is 23.3 Å². The number of hydrogen-bond acceptors (Lipinski definition) is 4. The van der Waals surface area contributed by atoms with E-state index in [1.165, 1.54) is 0 Å². The Morgan fingerprint density at radius 2 is 1.12 bits per heavy atom. The van der Waals surface area contributed by atoms with Crippen LogP contribution in [0.15, 0.2) is 88.7 Å². The first-order chi connectivity index (χ1) is 12.2. The van der Waals surface area contributed by atoms with Gasteiger partial charge in [-0.25, -0.2) is 0 Å². The summed E-state index contributed by atoms with van der Waals surface area (Å²) < 4.78 is 19.7. The van der Waals surface area contributed by atoms with Crippen LogP contribution in [0.4, 0.5) is 0 Å². The van der Waals surface area contributed by atoms with Gasteiger partial charge >= 0.3 is 10.2 Å². The highest BCUT2D eigenvalue weighted by molar-refractivity contribution is 7.99. The summed E-state index contributed by atoms with van der Waals surface area (Å²) in [7, 11) is -3.07. The molecule has 0 aromatic heterocycles. The van der Waals surface area contributed by atoms with E-state index in [0.717, 1.165) is 0 Å². The van der Waals surface area contributed by atoms with Gasteiger partial charge in [-0.1, -0.05) is 18.2 Å². The van der Waals surface area contributed by atoms with Crippen molar-refractivity contribution in [2.75, 3.05) is 0 Å². The van der Waals surface area contributed by atoms with Crippen LogP contribution in [0.5, 0.6) is 5.75 Å². The molecule has 0 saturated carbocycles. The molecule has 0 fully saturated rings. The Morgan fingerprint density at radius 1 is 0.680 bits per heavy atom. The van der Waals surface area contributed by atoms with Crippen molar-refractivity contribution in [3.05, 3.63) is 90.0 Å². The lowest BCUT2D eigenvalue weighted by Crippen LogP contribution is -2.19. The third kappa shape index (κ3) is 3.42. The van der Waals surface area contributed by atoms with Crippen molar-refractivity contribution in [2.45, 2.75) is 9.79 Å². The molecule has 0 amide bonds. The first kappa shape index (κ1) is 16.4. The van der Waals surface area contributed by atoms with Crippen molar-refractivity contribution < 1.29 is 8.39 Å². The molecule has 4 nitrogen and oxygen atoms in total. The molecule has 25 heavy (non-hydrogen) atoms. The molecule has 0 aliphatic heterocycles. The smallest absolute Gasteiger partial charge is 0.275 e. The van der Waals surface area contributed by atoms with E-state index in [1.807, 2.05) is 18.2 Å². The van der Waals surface area contributed by atoms with Crippen LogP contribution < -0.4 is 4.18 Å². The zero-order valence-electron chi connectivity index (χ0n) is 13.1. The van der Waals surface area contributed by atoms with Gasteiger partial charge in [-0.3, -0.25) is 4.18 Å². The van der Waals surface area contributed by atoms with Crippen molar-refractivity contribution in [3.8, 4) is 17.9 Å². The van der Waals surface area contributed by atoms with E-state index in [-0.39, 0.29) is 0 Å². The fourth-order valence-electron chi connectivity index (χ4n) is 2.26. The van der Waals surface area contributed by atoms with Crippen molar-refractivity contribution in [1.82, 2.24) is 0 Å². The second-order valence-corrected chi connectivity index (χ2v) is 7.29. The minimum Gasteiger partial charge on any atom is -0.275 e. The average molecular weight is 345 g/mol. The molecule has 0 saturated heterocycles. The van der Waals surface area contributed by atoms with Crippen molar-refractivity contribution in [1.29, 1.82) is 10.5 Å². The van der Waals surface area contributed by atoms with E-state index >= 15 is 0 Å². The summed E-state index contributed by atoms with van der Waals surface area (Å²) in [5.74, 6) is 0.473. The molecular weight excluding hydrogens is 332 g/mol. The molecule has 0 aliphatic carbocycles. The van der Waals surface area contributed by atoms with E-state index in [1.54, 1.807) is 72.8 Å². The second-order valence-electron chi connectivity index (χ2n) is 5.17. The van der Waals surface area contributed by atoms with E-state index in [2.05, 4.69) is 0 Å². The lowest BCUT2D eigenvalue weighted by atomic mass is 10.2. The number of nitrogens with zero attached hydrogens (tertiary/aromatic N) is 2. The van der Waals surface area contributed by atoms with Gasteiger partial charge < -0.3 is 0 Å². The summed E-state index contributed by atoms with van der Waals surface area (Å²) in [6.45, 7) is 0. The molecule has 3 rings (SSSR count). The largest absolute Gasteiger partial charge is 0.325 e. The Bertz CT molecular complexity index is 937. The van der Waals surface area contributed by atoms with Crippen molar-refractivity contribution >= 4 is 10.2 Å². The van der Waals surface area contributed by atoms with E-state index in [9.17, 15) is 4.21 Å². The molecule has 0 N–H and O–H groups in total. The molecule has 0 aliphatic rings. The maximum atomic E-state index is 13.8. The maximum Gasteiger partial charge on any atom is 0.325 e. The maximum absolute atomic E-state index is 13.8. The molecule has 0 radical (unpaired) electrons. The minimum atomic E-state index is -3.07. The summed E-state index contributed by atoms with van der Waals surface area (Å²) >= 11 is 0. The molecule has 120 valence electrons. The third-order valence-electron chi connectivity index (χ3n) is 3.54. The monoisotopic (exact) mass is 345 g/mol. The first-order valence-corrected chi connectivity index (χ1v) is 8.93. The molecular formula is C20H13N2O2S+. The predicted octanol–water partition coefficient (Wildman–Crippen LogP) is 4.34. The quantitative estimate of drug-likeness (QED) is 0.659. The van der Waals surface area contributed by atoms with Crippen LogP contribution in [-0.4, -0.2) is 0 Å². The Kier molecular flexibility index (Phi) is 4.61. The number of nitriles is 2. The minimum absolute atomic E-state index is 0.458. The summed E-state index contributed by atoms with van der Waals surface area (Å²) in [4.78, 5) is 0.917. The van der Waals surface area contributed by atoms with Gasteiger partial charge in [0.15, 0.2) is 5.75 Å². The summed E-state index contributed by atoms with van der Waals surface area (Å²) in [5.41, 5.74) is 0.954. The molecule has 3 aromatic rings. The van der Waals surface area contributed by atoms with Gasteiger partial charge in [-0.2, -0.15) is 10.5 Å². The van der Waals surface area contributed by atoms with Crippen LogP contribution in [-0.2, 0) is 14.4 Å². The van der Waals surface area contributed by atoms with Gasteiger partial charge in [-0.05, 0) is 64.9 Å². The highest BCUT2D eigenvalue weighted by Crippen LogP contribution is 2.32. The number of rotatable bonds is 4. The third-order valence-corrected chi connectivity index (χ3v) is 5.76. The molecule has 0 unspecified atom stereocenters. The Labute approximate surface area is 147 Å². The topological polar surface area (TPSA) is 73.9 Å². The SMILES string of the molecule is N#Cc1ccc([S+](=O)(Oc2ccccc2)c2ccc(C#N)cc2)cc1. The highest BCUT2D eigenvalue weighted by Gasteiger charge is 2.38. The lowest BCUT2D eigenvalue weighted by molar-refractivity contribution is 0.499. The van der Waals surface area contributed by atoms with Gasteiger partial charge in [0.2, 0.25) is 9.79 Å². The second kappa shape index (κ2) is 7.00. The van der Waals surface area contributed by atoms with Crippen LogP contribution in [0.1, 0.15) is 11.1 Å². The van der Waals surface area contributed by atoms with E-state index < -0.39 is 10.2 Å². The zero-order chi connectivity index (χ0) is 17.7. The van der Waals surface area contributed by atoms with Gasteiger partial charge in [0.25, 0.3) is 0 Å². The fourth-order valence-corrected chi connectivity index (χ4v) is 4.10. The molecule has 0 spiro atoms. The Morgan fingerprint density at radius 3 is 1.52 bits per heavy atom. The average Bonchev–Trinajstić information content (AvgIpc) is 2.69. The Hall–Kier alpha value is -3.41. The number of hydrogen-bond donors (Lipinski definition) is 0.